The van der Waals surface area contributed by atoms with Gasteiger partial charge in [-0.1, -0.05) is 35.9 Å². The summed E-state index contributed by atoms with van der Waals surface area (Å²) in [6.07, 6.45) is 1.65. The fourth-order valence-corrected chi connectivity index (χ4v) is 2.71. The van der Waals surface area contributed by atoms with E-state index in [1.165, 1.54) is 12.1 Å². The summed E-state index contributed by atoms with van der Waals surface area (Å²) in [5.74, 6) is 0.863. The highest BCUT2D eigenvalue weighted by molar-refractivity contribution is 6.31. The minimum Gasteiger partial charge on any atom is -0.493 e. The molecule has 0 aliphatic rings. The molecule has 0 amide bonds. The molecular weight excluding hydrogens is 379 g/mol. The largest absolute Gasteiger partial charge is 0.493 e. The molecule has 0 aromatic heterocycles. The minimum absolute atomic E-state index is 0.280. The highest BCUT2D eigenvalue weighted by atomic mass is 35.5. The van der Waals surface area contributed by atoms with Crippen LogP contribution in [0, 0.1) is 12.7 Å². The number of hydrogen-bond donors (Lipinski definition) is 1. The number of para-hydroxylation sites is 1. The van der Waals surface area contributed by atoms with Crippen LogP contribution in [-0.4, -0.2) is 13.3 Å². The molecule has 1 N–H and O–H groups in total. The molecule has 0 saturated heterocycles. The second-order valence-corrected chi connectivity index (χ2v) is 6.53. The maximum absolute atomic E-state index is 13.1. The second-order valence-electron chi connectivity index (χ2n) is 6.13. The number of anilines is 1. The Morgan fingerprint density at radius 3 is 2.61 bits per heavy atom. The summed E-state index contributed by atoms with van der Waals surface area (Å²) >= 11 is 6.13. The van der Waals surface area contributed by atoms with E-state index in [0.717, 1.165) is 22.4 Å². The summed E-state index contributed by atoms with van der Waals surface area (Å²) in [5.41, 5.74) is 6.33. The molecule has 0 radical (unpaired) electrons. The van der Waals surface area contributed by atoms with E-state index in [-0.39, 0.29) is 12.4 Å². The molecule has 0 aliphatic carbocycles. The SMILES string of the molecule is COc1cccc(C=NNc2ccc(C)c(Cl)c2)c1OCc1ccc(F)cc1. The fourth-order valence-electron chi connectivity index (χ4n) is 2.52. The molecule has 0 spiro atoms. The van der Waals surface area contributed by atoms with Crippen LogP contribution in [0.25, 0.3) is 0 Å². The Balaban J connectivity index is 1.76. The van der Waals surface area contributed by atoms with Crippen LogP contribution in [0.3, 0.4) is 0 Å². The molecule has 3 rings (SSSR count). The number of halogens is 2. The number of nitrogens with zero attached hydrogens (tertiary/aromatic N) is 1. The summed E-state index contributed by atoms with van der Waals surface area (Å²) in [7, 11) is 1.58. The lowest BCUT2D eigenvalue weighted by Gasteiger charge is -2.13. The average Bonchev–Trinajstić information content (AvgIpc) is 2.70. The summed E-state index contributed by atoms with van der Waals surface area (Å²) in [6, 6.07) is 17.3. The highest BCUT2D eigenvalue weighted by Crippen LogP contribution is 2.31. The van der Waals surface area contributed by atoms with Crippen LogP contribution in [0.1, 0.15) is 16.7 Å². The van der Waals surface area contributed by atoms with E-state index in [4.69, 9.17) is 21.1 Å². The van der Waals surface area contributed by atoms with Crippen molar-refractivity contribution >= 4 is 23.5 Å². The van der Waals surface area contributed by atoms with Crippen molar-refractivity contribution < 1.29 is 13.9 Å². The lowest BCUT2D eigenvalue weighted by Crippen LogP contribution is -2.01. The molecule has 0 saturated carbocycles. The van der Waals surface area contributed by atoms with Crippen LogP contribution in [-0.2, 0) is 6.61 Å². The maximum atomic E-state index is 13.1. The third kappa shape index (κ3) is 5.02. The van der Waals surface area contributed by atoms with Crippen LogP contribution >= 0.6 is 11.6 Å². The van der Waals surface area contributed by atoms with Crippen molar-refractivity contribution in [3.8, 4) is 11.5 Å². The molecule has 0 bridgehead atoms. The van der Waals surface area contributed by atoms with Gasteiger partial charge in [0.05, 0.1) is 19.0 Å². The predicted octanol–water partition coefficient (Wildman–Crippen LogP) is 5.82. The minimum atomic E-state index is -0.281. The lowest BCUT2D eigenvalue weighted by molar-refractivity contribution is 0.284. The standard InChI is InChI=1S/C22H20ClFN2O2/c1-15-6-11-19(12-20(15)23)26-25-13-17-4-3-5-21(27-2)22(17)28-14-16-7-9-18(24)10-8-16/h3-13,26H,14H2,1-2H3. The summed E-state index contributed by atoms with van der Waals surface area (Å²) < 4.78 is 24.4. The Morgan fingerprint density at radius 1 is 1.11 bits per heavy atom. The van der Waals surface area contributed by atoms with Gasteiger partial charge in [-0.15, -0.1) is 0 Å². The van der Waals surface area contributed by atoms with E-state index in [2.05, 4.69) is 10.5 Å². The smallest absolute Gasteiger partial charge is 0.170 e. The Morgan fingerprint density at radius 2 is 1.89 bits per heavy atom. The first-order valence-electron chi connectivity index (χ1n) is 8.66. The normalized spacial score (nSPS) is 10.9. The van der Waals surface area contributed by atoms with Crippen LogP contribution < -0.4 is 14.9 Å². The molecular formula is C22H20ClFN2O2. The Bertz CT molecular complexity index is 975. The second kappa shape index (κ2) is 9.24. The molecule has 4 nitrogen and oxygen atoms in total. The van der Waals surface area contributed by atoms with Gasteiger partial charge < -0.3 is 9.47 Å². The molecule has 0 unspecified atom stereocenters. The van der Waals surface area contributed by atoms with Gasteiger partial charge in [-0.25, -0.2) is 4.39 Å². The van der Waals surface area contributed by atoms with Crippen molar-refractivity contribution in [2.75, 3.05) is 12.5 Å². The van der Waals surface area contributed by atoms with Gasteiger partial charge >= 0.3 is 0 Å². The van der Waals surface area contributed by atoms with Crippen molar-refractivity contribution in [3.63, 3.8) is 0 Å². The summed E-state index contributed by atoms with van der Waals surface area (Å²) in [4.78, 5) is 0. The predicted molar refractivity (Wildman–Crippen MR) is 111 cm³/mol. The van der Waals surface area contributed by atoms with Crippen molar-refractivity contribution in [1.82, 2.24) is 0 Å². The van der Waals surface area contributed by atoms with Gasteiger partial charge in [0.15, 0.2) is 11.5 Å². The number of ether oxygens (including phenoxy) is 2. The van der Waals surface area contributed by atoms with E-state index in [0.29, 0.717) is 16.5 Å². The third-order valence-corrected chi connectivity index (χ3v) is 4.50. The number of hydrogen-bond acceptors (Lipinski definition) is 4. The summed E-state index contributed by atoms with van der Waals surface area (Å²) in [6.45, 7) is 2.22. The van der Waals surface area contributed by atoms with Crippen LogP contribution in [0.5, 0.6) is 11.5 Å². The topological polar surface area (TPSA) is 42.8 Å². The van der Waals surface area contributed by atoms with E-state index in [9.17, 15) is 4.39 Å². The molecule has 28 heavy (non-hydrogen) atoms. The van der Waals surface area contributed by atoms with Gasteiger partial charge in [0.25, 0.3) is 0 Å². The monoisotopic (exact) mass is 398 g/mol. The van der Waals surface area contributed by atoms with Crippen LogP contribution in [0.15, 0.2) is 65.8 Å². The highest BCUT2D eigenvalue weighted by Gasteiger charge is 2.10. The first kappa shape index (κ1) is 19.7. The number of rotatable bonds is 7. The zero-order chi connectivity index (χ0) is 19.9. The number of methoxy groups -OCH3 is 1. The van der Waals surface area contributed by atoms with E-state index >= 15 is 0 Å². The molecule has 6 heteroatoms. The summed E-state index contributed by atoms with van der Waals surface area (Å²) in [5, 5.41) is 4.94. The molecule has 0 heterocycles. The number of benzene rings is 3. The van der Waals surface area contributed by atoms with Crippen LogP contribution in [0.4, 0.5) is 10.1 Å². The van der Waals surface area contributed by atoms with Gasteiger partial charge in [-0.3, -0.25) is 5.43 Å². The van der Waals surface area contributed by atoms with E-state index in [1.807, 2.05) is 43.3 Å². The quantitative estimate of drug-likeness (QED) is 0.402. The fraction of sp³-hybridized carbons (Fsp3) is 0.136. The zero-order valence-electron chi connectivity index (χ0n) is 15.6. The first-order valence-corrected chi connectivity index (χ1v) is 9.04. The average molecular weight is 399 g/mol. The Labute approximate surface area is 168 Å². The van der Waals surface area contributed by atoms with Crippen molar-refractivity contribution in [2.24, 2.45) is 5.10 Å². The van der Waals surface area contributed by atoms with Crippen molar-refractivity contribution in [3.05, 3.63) is 88.2 Å². The number of nitrogens with one attached hydrogen (secondary N) is 1. The van der Waals surface area contributed by atoms with Gasteiger partial charge in [0.1, 0.15) is 12.4 Å². The number of hydrazone groups is 1. The Kier molecular flexibility index (Phi) is 6.50. The lowest BCUT2D eigenvalue weighted by atomic mass is 10.2. The van der Waals surface area contributed by atoms with Crippen molar-refractivity contribution in [2.45, 2.75) is 13.5 Å². The van der Waals surface area contributed by atoms with Crippen molar-refractivity contribution in [1.29, 1.82) is 0 Å². The Hall–Kier alpha value is -3.05. The molecule has 0 fully saturated rings. The van der Waals surface area contributed by atoms with Gasteiger partial charge in [0.2, 0.25) is 0 Å². The molecule has 0 atom stereocenters. The number of aryl methyl sites for hydroxylation is 1. The van der Waals surface area contributed by atoms with E-state index < -0.39 is 0 Å². The first-order chi connectivity index (χ1) is 13.6. The van der Waals surface area contributed by atoms with Crippen LogP contribution in [0.2, 0.25) is 5.02 Å². The van der Waals surface area contributed by atoms with E-state index in [1.54, 1.807) is 25.5 Å². The van der Waals surface area contributed by atoms with Gasteiger partial charge in [0, 0.05) is 10.6 Å². The zero-order valence-corrected chi connectivity index (χ0v) is 16.3. The molecule has 0 aliphatic heterocycles. The molecule has 144 valence electrons. The third-order valence-electron chi connectivity index (χ3n) is 4.09. The maximum Gasteiger partial charge on any atom is 0.170 e. The van der Waals surface area contributed by atoms with Gasteiger partial charge in [-0.05, 0) is 54.4 Å². The van der Waals surface area contributed by atoms with Gasteiger partial charge in [-0.2, -0.15) is 5.10 Å². The molecule has 3 aromatic rings. The molecule has 3 aromatic carbocycles.